The molecular formula is C30H36FNO2. The van der Waals surface area contributed by atoms with Gasteiger partial charge in [-0.1, -0.05) is 62.1 Å². The van der Waals surface area contributed by atoms with Gasteiger partial charge in [0.25, 0.3) is 0 Å². The first-order chi connectivity index (χ1) is 16.7. The lowest BCUT2D eigenvalue weighted by Gasteiger charge is -2.33. The Morgan fingerprint density at radius 2 is 1.82 bits per heavy atom. The fourth-order valence-corrected chi connectivity index (χ4v) is 5.98. The third kappa shape index (κ3) is 5.29. The molecule has 1 aromatic heterocycles. The fraction of sp³-hybridized carbons (Fsp3) is 0.467. The summed E-state index contributed by atoms with van der Waals surface area (Å²) in [6, 6.07) is 15.5. The molecule has 180 valence electrons. The summed E-state index contributed by atoms with van der Waals surface area (Å²) < 4.78 is 19.8. The molecule has 2 unspecified atom stereocenters. The first-order valence-electron chi connectivity index (χ1n) is 13.0. The van der Waals surface area contributed by atoms with Gasteiger partial charge in [-0.05, 0) is 67.5 Å². The molecule has 0 spiro atoms. The Bertz CT molecular complexity index is 1100. The first kappa shape index (κ1) is 23.3. The van der Waals surface area contributed by atoms with E-state index in [-0.39, 0.29) is 17.8 Å². The summed E-state index contributed by atoms with van der Waals surface area (Å²) in [4.78, 5) is 2.46. The summed E-state index contributed by atoms with van der Waals surface area (Å²) >= 11 is 0. The van der Waals surface area contributed by atoms with E-state index >= 15 is 0 Å². The number of halogens is 1. The smallest absolute Gasteiger partial charge is 0.141 e. The van der Waals surface area contributed by atoms with Crippen molar-refractivity contribution in [1.82, 2.24) is 4.90 Å². The van der Waals surface area contributed by atoms with Crippen LogP contribution in [-0.2, 0) is 0 Å². The standard InChI is InChI=1S/C30H36FNO2/c31-26-20-25-15-19-34-30(25)28(21-26)23-12-16-32(17-13-23)18-14-27(22-8-6-3-7-9-22)29(33)24-10-4-1-2-5-11-24/h3,6-9,12,15,19-21,24,27,29,33H,1-2,4-5,10-11,13-14,16-18H2. The minimum absolute atomic E-state index is 0.167. The Hall–Kier alpha value is -2.43. The van der Waals surface area contributed by atoms with Crippen molar-refractivity contribution in [3.63, 3.8) is 0 Å². The minimum atomic E-state index is -0.282. The van der Waals surface area contributed by atoms with Crippen LogP contribution in [0, 0.1) is 11.7 Å². The van der Waals surface area contributed by atoms with Crippen molar-refractivity contribution in [2.75, 3.05) is 19.6 Å². The molecule has 34 heavy (non-hydrogen) atoms. The molecule has 3 nitrogen and oxygen atoms in total. The third-order valence-corrected chi connectivity index (χ3v) is 7.93. The third-order valence-electron chi connectivity index (χ3n) is 7.93. The summed E-state index contributed by atoms with van der Waals surface area (Å²) in [6.45, 7) is 2.73. The van der Waals surface area contributed by atoms with Crippen LogP contribution in [0.2, 0.25) is 0 Å². The zero-order valence-electron chi connectivity index (χ0n) is 20.0. The van der Waals surface area contributed by atoms with Crippen molar-refractivity contribution in [1.29, 1.82) is 0 Å². The van der Waals surface area contributed by atoms with Gasteiger partial charge in [0.05, 0.1) is 12.4 Å². The number of nitrogens with zero attached hydrogens (tertiary/aromatic N) is 1. The number of benzene rings is 2. The number of fused-ring (bicyclic) bond motifs is 1. The number of hydrogen-bond acceptors (Lipinski definition) is 3. The van der Waals surface area contributed by atoms with E-state index in [1.54, 1.807) is 12.3 Å². The van der Waals surface area contributed by atoms with Gasteiger partial charge in [-0.3, -0.25) is 4.90 Å². The molecule has 1 aliphatic carbocycles. The second-order valence-corrected chi connectivity index (χ2v) is 10.1. The number of rotatable bonds is 7. The molecule has 0 bridgehead atoms. The number of aliphatic hydroxyl groups excluding tert-OH is 1. The Morgan fingerprint density at radius 3 is 2.56 bits per heavy atom. The molecule has 2 heterocycles. The lowest BCUT2D eigenvalue weighted by atomic mass is 9.80. The van der Waals surface area contributed by atoms with Crippen molar-refractivity contribution >= 4 is 16.5 Å². The van der Waals surface area contributed by atoms with Crippen molar-refractivity contribution in [3.05, 3.63) is 77.8 Å². The topological polar surface area (TPSA) is 36.6 Å². The Morgan fingerprint density at radius 1 is 1.03 bits per heavy atom. The second kappa shape index (κ2) is 10.9. The maximum absolute atomic E-state index is 14.1. The molecule has 1 fully saturated rings. The van der Waals surface area contributed by atoms with E-state index < -0.39 is 0 Å². The van der Waals surface area contributed by atoms with E-state index in [2.05, 4.69) is 41.3 Å². The van der Waals surface area contributed by atoms with Gasteiger partial charge in [-0.25, -0.2) is 4.39 Å². The number of aliphatic hydroxyl groups is 1. The van der Waals surface area contributed by atoms with Crippen LogP contribution in [0.5, 0.6) is 0 Å². The Kier molecular flexibility index (Phi) is 7.46. The molecule has 2 aromatic carbocycles. The molecule has 2 atom stereocenters. The highest BCUT2D eigenvalue weighted by Crippen LogP contribution is 2.36. The molecule has 1 saturated carbocycles. The average Bonchev–Trinajstić information content (AvgIpc) is 3.16. The summed E-state index contributed by atoms with van der Waals surface area (Å²) in [5, 5.41) is 12.3. The van der Waals surface area contributed by atoms with E-state index in [9.17, 15) is 9.50 Å². The van der Waals surface area contributed by atoms with Crippen LogP contribution in [0.15, 0.2) is 65.3 Å². The van der Waals surface area contributed by atoms with Gasteiger partial charge in [-0.2, -0.15) is 0 Å². The quantitative estimate of drug-likeness (QED) is 0.379. The fourth-order valence-electron chi connectivity index (χ4n) is 5.98. The minimum Gasteiger partial charge on any atom is -0.464 e. The van der Waals surface area contributed by atoms with Crippen molar-refractivity contribution in [2.24, 2.45) is 5.92 Å². The van der Waals surface area contributed by atoms with Gasteiger partial charge >= 0.3 is 0 Å². The van der Waals surface area contributed by atoms with Gasteiger partial charge in [0.15, 0.2) is 0 Å². The maximum atomic E-state index is 14.1. The van der Waals surface area contributed by atoms with Crippen LogP contribution < -0.4 is 0 Å². The zero-order chi connectivity index (χ0) is 23.3. The summed E-state index contributed by atoms with van der Waals surface area (Å²) in [6.07, 6.45) is 12.8. The Labute approximate surface area is 202 Å². The summed E-state index contributed by atoms with van der Waals surface area (Å²) in [5.41, 5.74) is 4.07. The van der Waals surface area contributed by atoms with Gasteiger partial charge in [0.2, 0.25) is 0 Å². The highest BCUT2D eigenvalue weighted by Gasteiger charge is 2.30. The highest BCUT2D eigenvalue weighted by atomic mass is 19.1. The second-order valence-electron chi connectivity index (χ2n) is 10.1. The van der Waals surface area contributed by atoms with Gasteiger partial charge < -0.3 is 9.52 Å². The van der Waals surface area contributed by atoms with E-state index in [0.717, 1.165) is 67.4 Å². The molecule has 5 rings (SSSR count). The monoisotopic (exact) mass is 461 g/mol. The zero-order valence-corrected chi connectivity index (χ0v) is 20.0. The van der Waals surface area contributed by atoms with E-state index in [0.29, 0.717) is 5.92 Å². The van der Waals surface area contributed by atoms with Crippen molar-refractivity contribution < 1.29 is 13.9 Å². The molecule has 1 aliphatic heterocycles. The van der Waals surface area contributed by atoms with Crippen LogP contribution >= 0.6 is 0 Å². The lowest BCUT2D eigenvalue weighted by Crippen LogP contribution is -2.34. The Balaban J connectivity index is 1.27. The van der Waals surface area contributed by atoms with E-state index in [4.69, 9.17) is 4.42 Å². The van der Waals surface area contributed by atoms with Crippen molar-refractivity contribution in [2.45, 2.75) is 63.4 Å². The van der Waals surface area contributed by atoms with Crippen molar-refractivity contribution in [3.8, 4) is 0 Å². The maximum Gasteiger partial charge on any atom is 0.141 e. The molecule has 0 radical (unpaired) electrons. The van der Waals surface area contributed by atoms with Crippen LogP contribution in [0.3, 0.4) is 0 Å². The van der Waals surface area contributed by atoms with Gasteiger partial charge in [0.1, 0.15) is 11.4 Å². The van der Waals surface area contributed by atoms with Crippen LogP contribution in [-0.4, -0.2) is 35.7 Å². The molecule has 3 aromatic rings. The summed E-state index contributed by atoms with van der Waals surface area (Å²) in [5.74, 6) is 0.357. The van der Waals surface area contributed by atoms with Crippen LogP contribution in [0.1, 0.15) is 68.4 Å². The van der Waals surface area contributed by atoms with Gasteiger partial charge in [0, 0.05) is 30.0 Å². The molecule has 0 amide bonds. The molecule has 4 heteroatoms. The molecule has 0 saturated heterocycles. The largest absolute Gasteiger partial charge is 0.464 e. The van der Waals surface area contributed by atoms with E-state index in [1.165, 1.54) is 37.3 Å². The number of hydrogen-bond donors (Lipinski definition) is 1. The van der Waals surface area contributed by atoms with E-state index in [1.807, 2.05) is 6.07 Å². The van der Waals surface area contributed by atoms with Gasteiger partial charge in [-0.15, -0.1) is 0 Å². The predicted molar refractivity (Wildman–Crippen MR) is 136 cm³/mol. The van der Waals surface area contributed by atoms with Crippen LogP contribution in [0.25, 0.3) is 16.5 Å². The molecule has 1 N–H and O–H groups in total. The normalized spacial score (nSPS) is 20.1. The first-order valence-corrected chi connectivity index (χ1v) is 13.0. The average molecular weight is 462 g/mol. The SMILES string of the molecule is OC(C1CCCCCC1)C(CCN1CC=C(c2cc(F)cc3ccoc23)CC1)c1ccccc1. The molecular weight excluding hydrogens is 425 g/mol. The molecule has 2 aliphatic rings. The predicted octanol–water partition coefficient (Wildman–Crippen LogP) is 7.17. The van der Waals surface area contributed by atoms with Crippen LogP contribution in [0.4, 0.5) is 4.39 Å². The number of furan rings is 1. The lowest BCUT2D eigenvalue weighted by molar-refractivity contribution is 0.0650. The highest BCUT2D eigenvalue weighted by molar-refractivity contribution is 5.90. The summed E-state index contributed by atoms with van der Waals surface area (Å²) in [7, 11) is 0.